The van der Waals surface area contributed by atoms with Crippen LogP contribution in [0.15, 0.2) is 18.2 Å². The fourth-order valence-electron chi connectivity index (χ4n) is 3.36. The Morgan fingerprint density at radius 2 is 2.05 bits per heavy atom. The van der Waals surface area contributed by atoms with Crippen molar-refractivity contribution in [2.45, 2.75) is 50.7 Å². The Labute approximate surface area is 131 Å². The minimum absolute atomic E-state index is 0.0658. The lowest BCUT2D eigenvalue weighted by molar-refractivity contribution is -0.0913. The lowest BCUT2D eigenvalue weighted by Gasteiger charge is -2.43. The van der Waals surface area contributed by atoms with Gasteiger partial charge < -0.3 is 9.47 Å². The van der Waals surface area contributed by atoms with Crippen molar-refractivity contribution in [2.24, 2.45) is 5.84 Å². The van der Waals surface area contributed by atoms with Gasteiger partial charge in [0.15, 0.2) is 0 Å². The third-order valence-corrected chi connectivity index (χ3v) is 4.65. The maximum Gasteiger partial charge on any atom is 0.137 e. The smallest absolute Gasteiger partial charge is 0.137 e. The fourth-order valence-corrected chi connectivity index (χ4v) is 3.56. The zero-order valence-electron chi connectivity index (χ0n) is 12.8. The Morgan fingerprint density at radius 1 is 1.33 bits per heavy atom. The molecule has 3 N–H and O–H groups in total. The average Bonchev–Trinajstić information content (AvgIpc) is 2.50. The van der Waals surface area contributed by atoms with E-state index in [0.29, 0.717) is 17.4 Å². The van der Waals surface area contributed by atoms with Gasteiger partial charge in [-0.25, -0.2) is 0 Å². The SMILES string of the molecule is CCOC1(C(NN)c2ccc(Cl)c(OC)c2)CCCCC1. The van der Waals surface area contributed by atoms with Gasteiger partial charge in [0.2, 0.25) is 0 Å². The highest BCUT2D eigenvalue weighted by Crippen LogP contribution is 2.42. The Morgan fingerprint density at radius 3 is 2.62 bits per heavy atom. The van der Waals surface area contributed by atoms with Gasteiger partial charge in [-0.3, -0.25) is 11.3 Å². The van der Waals surface area contributed by atoms with E-state index in [-0.39, 0.29) is 11.6 Å². The van der Waals surface area contributed by atoms with Gasteiger partial charge in [0.1, 0.15) is 5.75 Å². The van der Waals surface area contributed by atoms with E-state index in [1.807, 2.05) is 25.1 Å². The van der Waals surface area contributed by atoms with E-state index >= 15 is 0 Å². The van der Waals surface area contributed by atoms with Crippen molar-refractivity contribution in [3.63, 3.8) is 0 Å². The molecular formula is C16H25ClN2O2. The zero-order valence-corrected chi connectivity index (χ0v) is 13.6. The Hall–Kier alpha value is -0.810. The van der Waals surface area contributed by atoms with Crippen molar-refractivity contribution in [3.8, 4) is 5.75 Å². The van der Waals surface area contributed by atoms with E-state index < -0.39 is 0 Å². The first kappa shape index (κ1) is 16.6. The molecule has 0 amide bonds. The summed E-state index contributed by atoms with van der Waals surface area (Å²) in [6.45, 7) is 2.72. The summed E-state index contributed by atoms with van der Waals surface area (Å²) >= 11 is 6.12. The second-order valence-electron chi connectivity index (χ2n) is 5.55. The van der Waals surface area contributed by atoms with Crippen molar-refractivity contribution in [3.05, 3.63) is 28.8 Å². The van der Waals surface area contributed by atoms with Crippen molar-refractivity contribution in [1.82, 2.24) is 5.43 Å². The minimum atomic E-state index is -0.249. The average molecular weight is 313 g/mol. The van der Waals surface area contributed by atoms with Gasteiger partial charge >= 0.3 is 0 Å². The summed E-state index contributed by atoms with van der Waals surface area (Å²) in [4.78, 5) is 0. The standard InChI is InChI=1S/C16H25ClN2O2/c1-3-21-16(9-5-4-6-10-16)15(19-18)12-7-8-13(17)14(11-12)20-2/h7-8,11,15,19H,3-6,9-10,18H2,1-2H3. The Balaban J connectivity index is 2.35. The summed E-state index contributed by atoms with van der Waals surface area (Å²) in [6, 6.07) is 5.72. The van der Waals surface area contributed by atoms with Gasteiger partial charge in [0, 0.05) is 6.61 Å². The molecular weight excluding hydrogens is 288 g/mol. The van der Waals surface area contributed by atoms with Crippen LogP contribution < -0.4 is 16.0 Å². The number of benzene rings is 1. The van der Waals surface area contributed by atoms with Gasteiger partial charge in [-0.05, 0) is 37.5 Å². The lowest BCUT2D eigenvalue weighted by Crippen LogP contribution is -2.49. The molecule has 118 valence electrons. The molecule has 5 heteroatoms. The molecule has 0 aromatic heterocycles. The van der Waals surface area contributed by atoms with Crippen LogP contribution >= 0.6 is 11.6 Å². The summed E-state index contributed by atoms with van der Waals surface area (Å²) in [5.41, 5.74) is 3.76. The minimum Gasteiger partial charge on any atom is -0.495 e. The number of nitrogens with one attached hydrogen (secondary N) is 1. The molecule has 1 aliphatic rings. The zero-order chi connectivity index (χ0) is 15.3. The number of rotatable bonds is 6. The van der Waals surface area contributed by atoms with E-state index in [4.69, 9.17) is 26.9 Å². The molecule has 21 heavy (non-hydrogen) atoms. The first-order chi connectivity index (χ1) is 10.2. The van der Waals surface area contributed by atoms with Gasteiger partial charge in [-0.1, -0.05) is 36.9 Å². The highest BCUT2D eigenvalue weighted by Gasteiger charge is 2.41. The number of nitrogens with two attached hydrogens (primary N) is 1. The summed E-state index contributed by atoms with van der Waals surface area (Å²) in [6.07, 6.45) is 5.63. The highest BCUT2D eigenvalue weighted by molar-refractivity contribution is 6.32. The molecule has 0 radical (unpaired) electrons. The molecule has 1 fully saturated rings. The van der Waals surface area contributed by atoms with Crippen molar-refractivity contribution in [2.75, 3.05) is 13.7 Å². The second kappa shape index (κ2) is 7.45. The maximum atomic E-state index is 6.17. The predicted molar refractivity (Wildman–Crippen MR) is 85.5 cm³/mol. The lowest BCUT2D eigenvalue weighted by atomic mass is 9.76. The summed E-state index contributed by atoms with van der Waals surface area (Å²) in [5.74, 6) is 6.54. The Kier molecular flexibility index (Phi) is 5.88. The number of hydrogen-bond donors (Lipinski definition) is 2. The van der Waals surface area contributed by atoms with Crippen molar-refractivity contribution >= 4 is 11.6 Å². The quantitative estimate of drug-likeness (QED) is 0.622. The first-order valence-corrected chi connectivity index (χ1v) is 7.98. The van der Waals surface area contributed by atoms with Crippen LogP contribution in [0.4, 0.5) is 0 Å². The number of hydrazine groups is 1. The molecule has 1 aromatic rings. The van der Waals surface area contributed by atoms with E-state index in [0.717, 1.165) is 18.4 Å². The van der Waals surface area contributed by atoms with Gasteiger partial charge in [0.05, 0.1) is 23.8 Å². The number of halogens is 1. The van der Waals surface area contributed by atoms with E-state index in [9.17, 15) is 0 Å². The third-order valence-electron chi connectivity index (χ3n) is 4.33. The van der Waals surface area contributed by atoms with Crippen molar-refractivity contribution in [1.29, 1.82) is 0 Å². The number of hydrogen-bond acceptors (Lipinski definition) is 4. The molecule has 1 saturated carbocycles. The summed E-state index contributed by atoms with van der Waals surface area (Å²) in [7, 11) is 1.62. The Bertz CT molecular complexity index is 456. The molecule has 0 spiro atoms. The van der Waals surface area contributed by atoms with Crippen LogP contribution in [0.2, 0.25) is 5.02 Å². The molecule has 0 bridgehead atoms. The second-order valence-corrected chi connectivity index (χ2v) is 5.96. The third kappa shape index (κ3) is 3.51. The molecule has 2 rings (SSSR count). The molecule has 0 aliphatic heterocycles. The van der Waals surface area contributed by atoms with Crippen LogP contribution in [0.25, 0.3) is 0 Å². The summed E-state index contributed by atoms with van der Waals surface area (Å²) in [5, 5.41) is 0.603. The van der Waals surface area contributed by atoms with Gasteiger partial charge in [-0.15, -0.1) is 0 Å². The predicted octanol–water partition coefficient (Wildman–Crippen LogP) is 3.59. The van der Waals surface area contributed by atoms with E-state index in [2.05, 4.69) is 5.43 Å². The molecule has 1 unspecified atom stereocenters. The van der Waals surface area contributed by atoms with Crippen LogP contribution in [-0.2, 0) is 4.74 Å². The summed E-state index contributed by atoms with van der Waals surface area (Å²) < 4.78 is 11.5. The molecule has 1 atom stereocenters. The fraction of sp³-hybridized carbons (Fsp3) is 0.625. The van der Waals surface area contributed by atoms with Crippen LogP contribution in [0, 0.1) is 0 Å². The van der Waals surface area contributed by atoms with Gasteiger partial charge in [-0.2, -0.15) is 0 Å². The number of ether oxygens (including phenoxy) is 2. The largest absolute Gasteiger partial charge is 0.495 e. The molecule has 0 saturated heterocycles. The maximum absolute atomic E-state index is 6.17. The first-order valence-electron chi connectivity index (χ1n) is 7.60. The highest BCUT2D eigenvalue weighted by atomic mass is 35.5. The van der Waals surface area contributed by atoms with Crippen LogP contribution in [0.3, 0.4) is 0 Å². The van der Waals surface area contributed by atoms with E-state index in [1.54, 1.807) is 7.11 Å². The monoisotopic (exact) mass is 312 g/mol. The molecule has 0 heterocycles. The molecule has 4 nitrogen and oxygen atoms in total. The molecule has 1 aliphatic carbocycles. The van der Waals surface area contributed by atoms with Crippen molar-refractivity contribution < 1.29 is 9.47 Å². The topological polar surface area (TPSA) is 56.5 Å². The van der Waals surface area contributed by atoms with Crippen LogP contribution in [0.1, 0.15) is 50.6 Å². The van der Waals surface area contributed by atoms with Gasteiger partial charge in [0.25, 0.3) is 0 Å². The molecule has 1 aromatic carbocycles. The normalized spacial score (nSPS) is 19.2. The van der Waals surface area contributed by atoms with Crippen LogP contribution in [-0.4, -0.2) is 19.3 Å². The number of methoxy groups -OCH3 is 1. The van der Waals surface area contributed by atoms with Crippen LogP contribution in [0.5, 0.6) is 5.75 Å². The van der Waals surface area contributed by atoms with E-state index in [1.165, 1.54) is 19.3 Å².